The molecule has 33 heavy (non-hydrogen) atoms. The van der Waals surface area contributed by atoms with Gasteiger partial charge >= 0.3 is 0 Å². The van der Waals surface area contributed by atoms with E-state index in [2.05, 4.69) is 15.9 Å². The second kappa shape index (κ2) is 7.88. The van der Waals surface area contributed by atoms with Gasteiger partial charge in [-0.15, -0.1) is 0 Å². The number of hydrogen-bond donors (Lipinski definition) is 3. The van der Waals surface area contributed by atoms with Crippen LogP contribution in [0.4, 0.5) is 0 Å². The van der Waals surface area contributed by atoms with Crippen molar-refractivity contribution < 1.29 is 18.6 Å². The molecule has 0 unspecified atom stereocenters. The monoisotopic (exact) mass is 519 g/mol. The molecule has 0 aromatic heterocycles. The molecule has 164 valence electrons. The van der Waals surface area contributed by atoms with Crippen molar-refractivity contribution in [2.75, 3.05) is 0 Å². The van der Waals surface area contributed by atoms with E-state index in [4.69, 9.17) is 5.14 Å². The first-order valence-electron chi connectivity index (χ1n) is 10.0. The highest BCUT2D eigenvalue weighted by molar-refractivity contribution is 9.10. The van der Waals surface area contributed by atoms with Crippen LogP contribution in [-0.4, -0.2) is 18.6 Å². The summed E-state index contributed by atoms with van der Waals surface area (Å²) in [6.45, 7) is 0. The Labute approximate surface area is 198 Å². The topological polar surface area (TPSA) is 101 Å². The highest BCUT2D eigenvalue weighted by Crippen LogP contribution is 2.44. The van der Waals surface area contributed by atoms with E-state index in [9.17, 15) is 18.6 Å². The van der Waals surface area contributed by atoms with Gasteiger partial charge < -0.3 is 10.2 Å². The van der Waals surface area contributed by atoms with Gasteiger partial charge in [-0.2, -0.15) is 0 Å². The molecular weight excluding hydrogens is 502 g/mol. The Morgan fingerprint density at radius 2 is 1.39 bits per heavy atom. The molecule has 5 aromatic rings. The summed E-state index contributed by atoms with van der Waals surface area (Å²) in [4.78, 5) is 0.00455. The van der Waals surface area contributed by atoms with Crippen LogP contribution >= 0.6 is 15.9 Å². The molecule has 0 aliphatic carbocycles. The Morgan fingerprint density at radius 1 is 0.697 bits per heavy atom. The van der Waals surface area contributed by atoms with Crippen LogP contribution in [0.25, 0.3) is 43.8 Å². The normalized spacial score (nSPS) is 11.8. The molecule has 0 saturated carbocycles. The van der Waals surface area contributed by atoms with Crippen molar-refractivity contribution in [3.8, 4) is 33.8 Å². The fraction of sp³-hybridized carbons (Fsp3) is 0. The van der Waals surface area contributed by atoms with Gasteiger partial charge in [-0.05, 0) is 75.3 Å². The van der Waals surface area contributed by atoms with Crippen LogP contribution in [0.2, 0.25) is 0 Å². The van der Waals surface area contributed by atoms with Crippen LogP contribution in [0.15, 0.2) is 94.3 Å². The van der Waals surface area contributed by atoms with Crippen molar-refractivity contribution in [2.24, 2.45) is 5.14 Å². The summed E-state index contributed by atoms with van der Waals surface area (Å²) >= 11 is 3.54. The average molecular weight is 520 g/mol. The molecule has 0 bridgehead atoms. The molecule has 0 radical (unpaired) electrons. The second-order valence-corrected chi connectivity index (χ2v) is 10.2. The minimum atomic E-state index is -3.89. The molecule has 0 heterocycles. The lowest BCUT2D eigenvalue weighted by atomic mass is 9.91. The van der Waals surface area contributed by atoms with E-state index >= 15 is 0 Å². The van der Waals surface area contributed by atoms with E-state index in [0.29, 0.717) is 21.0 Å². The van der Waals surface area contributed by atoms with Gasteiger partial charge in [0.25, 0.3) is 0 Å². The molecule has 4 N–H and O–H groups in total. The number of fused-ring (bicyclic) bond motifs is 2. The number of phenolic OH excluding ortho intramolecular Hbond substituents is 2. The first-order valence-corrected chi connectivity index (χ1v) is 12.4. The Bertz CT molecular complexity index is 1680. The third-order valence-electron chi connectivity index (χ3n) is 5.71. The van der Waals surface area contributed by atoms with Crippen LogP contribution in [0.1, 0.15) is 0 Å². The molecule has 0 fully saturated rings. The molecule has 5 aromatic carbocycles. The third-order valence-corrected chi connectivity index (χ3v) is 7.31. The van der Waals surface area contributed by atoms with Crippen LogP contribution in [0, 0.1) is 0 Å². The van der Waals surface area contributed by atoms with E-state index < -0.39 is 10.0 Å². The molecule has 5 nitrogen and oxygen atoms in total. The van der Waals surface area contributed by atoms with Gasteiger partial charge in [0.05, 0.1) is 4.90 Å². The zero-order chi connectivity index (χ0) is 23.3. The zero-order valence-electron chi connectivity index (χ0n) is 17.2. The molecule has 7 heteroatoms. The molecule has 0 aliphatic heterocycles. The van der Waals surface area contributed by atoms with E-state index in [1.54, 1.807) is 18.2 Å². The van der Waals surface area contributed by atoms with Gasteiger partial charge in [-0.1, -0.05) is 58.4 Å². The molecule has 0 amide bonds. The maximum absolute atomic E-state index is 12.0. The van der Waals surface area contributed by atoms with Crippen LogP contribution in [-0.2, 0) is 10.0 Å². The van der Waals surface area contributed by atoms with Crippen molar-refractivity contribution in [3.05, 3.63) is 89.4 Å². The molecule has 0 aliphatic rings. The quantitative estimate of drug-likeness (QED) is 0.266. The van der Waals surface area contributed by atoms with Gasteiger partial charge in [-0.25, -0.2) is 13.6 Å². The standard InChI is InChI=1S/C26H18BrNO4S/c27-25-10-9-19(33(28,31)32)13-24(25)23-14-22(26(30)21-4-2-1-3-20(21)23)17-6-5-16-12-18(29)8-7-15(16)11-17/h1-14,29-30H,(H2,28,31,32). The fourth-order valence-corrected chi connectivity index (χ4v) is 5.09. The first-order chi connectivity index (χ1) is 15.7. The molecule has 5 rings (SSSR count). The van der Waals surface area contributed by atoms with Crippen LogP contribution in [0.5, 0.6) is 11.5 Å². The largest absolute Gasteiger partial charge is 0.508 e. The van der Waals surface area contributed by atoms with Crippen molar-refractivity contribution in [1.29, 1.82) is 0 Å². The summed E-state index contributed by atoms with van der Waals surface area (Å²) < 4.78 is 24.7. The summed E-state index contributed by atoms with van der Waals surface area (Å²) in [5.41, 5.74) is 2.79. The lowest BCUT2D eigenvalue weighted by molar-refractivity contribution is 0.476. The number of hydrogen-bond acceptors (Lipinski definition) is 4. The predicted molar refractivity (Wildman–Crippen MR) is 135 cm³/mol. The summed E-state index contributed by atoms with van der Waals surface area (Å²) in [5.74, 6) is 0.317. The lowest BCUT2D eigenvalue weighted by Crippen LogP contribution is -2.12. The summed E-state index contributed by atoms with van der Waals surface area (Å²) in [6, 6.07) is 24.7. The molecular formula is C26H18BrNO4S. The minimum absolute atomic E-state index is 0.00455. The number of primary sulfonamides is 1. The fourth-order valence-electron chi connectivity index (χ4n) is 4.09. The van der Waals surface area contributed by atoms with Gasteiger partial charge in [-0.3, -0.25) is 0 Å². The number of nitrogens with two attached hydrogens (primary N) is 1. The third kappa shape index (κ3) is 3.84. The first kappa shape index (κ1) is 21.5. The smallest absolute Gasteiger partial charge is 0.238 e. The predicted octanol–water partition coefficient (Wildman–Crippen LogP) is 6.15. The number of benzene rings is 5. The van der Waals surface area contributed by atoms with E-state index in [1.807, 2.05) is 54.6 Å². The Balaban J connectivity index is 1.82. The van der Waals surface area contributed by atoms with Gasteiger partial charge in [0.15, 0.2) is 0 Å². The Hall–Kier alpha value is -3.39. The minimum Gasteiger partial charge on any atom is -0.508 e. The van der Waals surface area contributed by atoms with Gasteiger partial charge in [0.2, 0.25) is 10.0 Å². The maximum atomic E-state index is 12.0. The van der Waals surface area contributed by atoms with Crippen molar-refractivity contribution in [2.45, 2.75) is 4.90 Å². The van der Waals surface area contributed by atoms with Crippen molar-refractivity contribution in [1.82, 2.24) is 0 Å². The van der Waals surface area contributed by atoms with Gasteiger partial charge in [0.1, 0.15) is 11.5 Å². The summed E-state index contributed by atoms with van der Waals surface area (Å²) in [7, 11) is -3.89. The SMILES string of the molecule is NS(=O)(=O)c1ccc(Br)c(-c2cc(-c3ccc4cc(O)ccc4c3)c(O)c3ccccc23)c1. The number of sulfonamides is 1. The second-order valence-electron chi connectivity index (χ2n) is 7.80. The highest BCUT2D eigenvalue weighted by Gasteiger charge is 2.18. The summed E-state index contributed by atoms with van der Waals surface area (Å²) in [6.07, 6.45) is 0. The number of phenols is 2. The number of halogens is 1. The molecule has 0 spiro atoms. The summed E-state index contributed by atoms with van der Waals surface area (Å²) in [5, 5.41) is 29.5. The van der Waals surface area contributed by atoms with Crippen molar-refractivity contribution in [3.63, 3.8) is 0 Å². The van der Waals surface area contributed by atoms with Crippen LogP contribution in [0.3, 0.4) is 0 Å². The molecule has 0 saturated heterocycles. The zero-order valence-corrected chi connectivity index (χ0v) is 19.6. The van der Waals surface area contributed by atoms with E-state index in [1.165, 1.54) is 12.1 Å². The van der Waals surface area contributed by atoms with Crippen molar-refractivity contribution >= 4 is 47.5 Å². The maximum Gasteiger partial charge on any atom is 0.238 e. The van der Waals surface area contributed by atoms with Gasteiger partial charge in [0, 0.05) is 15.4 Å². The average Bonchev–Trinajstić information content (AvgIpc) is 2.79. The molecule has 0 atom stereocenters. The Morgan fingerprint density at radius 3 is 2.15 bits per heavy atom. The Kier molecular flexibility index (Phi) is 5.12. The number of aromatic hydroxyl groups is 2. The van der Waals surface area contributed by atoms with E-state index in [0.717, 1.165) is 27.3 Å². The lowest BCUT2D eigenvalue weighted by Gasteiger charge is -2.16. The highest BCUT2D eigenvalue weighted by atomic mass is 79.9. The number of rotatable bonds is 3. The van der Waals surface area contributed by atoms with Crippen LogP contribution < -0.4 is 5.14 Å². The van der Waals surface area contributed by atoms with E-state index in [-0.39, 0.29) is 16.4 Å².